The fourth-order valence-electron chi connectivity index (χ4n) is 1.57. The zero-order valence-corrected chi connectivity index (χ0v) is 16.1. The van der Waals surface area contributed by atoms with Crippen LogP contribution < -0.4 is 4.72 Å². The summed E-state index contributed by atoms with van der Waals surface area (Å²) in [5.74, 6) is 0. The highest BCUT2D eigenvalue weighted by atomic mass is 79.9. The molecule has 0 fully saturated rings. The average Bonchev–Trinajstić information content (AvgIpc) is 2.42. The Balaban J connectivity index is 2.47. The highest BCUT2D eigenvalue weighted by Crippen LogP contribution is 2.42. The molecule has 2 aromatic rings. The first kappa shape index (κ1) is 17.1. The van der Waals surface area contributed by atoms with E-state index in [-0.39, 0.29) is 20.6 Å². The summed E-state index contributed by atoms with van der Waals surface area (Å²) in [6, 6.07) is 8.13. The van der Waals surface area contributed by atoms with Gasteiger partial charge < -0.3 is 0 Å². The summed E-state index contributed by atoms with van der Waals surface area (Å²) >= 11 is 18.6. The molecule has 1 N–H and O–H groups in total. The summed E-state index contributed by atoms with van der Waals surface area (Å²) in [7, 11) is -3.74. The predicted octanol–water partition coefficient (Wildman–Crippen LogP) is 5.63. The Labute approximate surface area is 150 Å². The molecule has 112 valence electrons. The van der Waals surface area contributed by atoms with Gasteiger partial charge >= 0.3 is 0 Å². The molecule has 21 heavy (non-hydrogen) atoms. The van der Waals surface area contributed by atoms with E-state index in [4.69, 9.17) is 23.2 Å². The van der Waals surface area contributed by atoms with Gasteiger partial charge in [0.05, 0.1) is 20.6 Å². The van der Waals surface area contributed by atoms with E-state index in [1.165, 1.54) is 12.1 Å². The number of hydrogen-bond acceptors (Lipinski definition) is 2. The van der Waals surface area contributed by atoms with Crippen molar-refractivity contribution in [2.24, 2.45) is 0 Å². The Morgan fingerprint density at radius 2 is 1.57 bits per heavy atom. The molecule has 0 unspecified atom stereocenters. The maximum Gasteiger partial charge on any atom is 0.261 e. The molecular weight excluding hydrogens is 465 g/mol. The quantitative estimate of drug-likeness (QED) is 0.464. The molecule has 0 spiro atoms. The fourth-order valence-corrected chi connectivity index (χ4v) is 4.74. The predicted molar refractivity (Wildman–Crippen MR) is 93.8 cm³/mol. The first-order chi connectivity index (χ1) is 9.72. The molecule has 2 rings (SSSR count). The molecule has 0 saturated heterocycles. The average molecular weight is 474 g/mol. The van der Waals surface area contributed by atoms with Gasteiger partial charge in [-0.25, -0.2) is 8.42 Å². The summed E-state index contributed by atoms with van der Waals surface area (Å²) in [5.41, 5.74) is 1.17. The molecule has 0 amide bonds. The second-order valence-electron chi connectivity index (χ2n) is 4.26. The third kappa shape index (κ3) is 3.74. The molecule has 2 aromatic carbocycles. The minimum absolute atomic E-state index is 0.119. The number of nitrogens with one attached hydrogen (secondary N) is 1. The van der Waals surface area contributed by atoms with Gasteiger partial charge in [-0.1, -0.05) is 40.9 Å². The van der Waals surface area contributed by atoms with Gasteiger partial charge in [0.1, 0.15) is 0 Å². The molecule has 0 radical (unpaired) electrons. The van der Waals surface area contributed by atoms with Crippen molar-refractivity contribution in [3.8, 4) is 0 Å². The SMILES string of the molecule is Cc1ccc(S(=O)(=O)Nc2c(Br)cc(Br)c(Cl)c2Cl)cc1. The Morgan fingerprint density at radius 1 is 1.00 bits per heavy atom. The van der Waals surface area contributed by atoms with Gasteiger partial charge in [-0.15, -0.1) is 0 Å². The summed E-state index contributed by atoms with van der Waals surface area (Å²) < 4.78 is 28.2. The van der Waals surface area contributed by atoms with Crippen LogP contribution in [0.3, 0.4) is 0 Å². The molecule has 0 aliphatic rings. The first-order valence-electron chi connectivity index (χ1n) is 5.65. The number of hydrogen-bond donors (Lipinski definition) is 1. The zero-order valence-electron chi connectivity index (χ0n) is 10.6. The Morgan fingerprint density at radius 3 is 2.14 bits per heavy atom. The lowest BCUT2D eigenvalue weighted by Crippen LogP contribution is -2.13. The molecule has 0 aromatic heterocycles. The minimum atomic E-state index is -3.74. The number of benzene rings is 2. The van der Waals surface area contributed by atoms with Crippen molar-refractivity contribution in [3.63, 3.8) is 0 Å². The van der Waals surface area contributed by atoms with Crippen molar-refractivity contribution in [1.82, 2.24) is 0 Å². The van der Waals surface area contributed by atoms with Crippen molar-refractivity contribution in [3.05, 3.63) is 54.9 Å². The van der Waals surface area contributed by atoms with Crippen LogP contribution in [0.5, 0.6) is 0 Å². The summed E-state index contributed by atoms with van der Waals surface area (Å²) in [6.07, 6.45) is 0. The van der Waals surface area contributed by atoms with Crippen molar-refractivity contribution in [2.75, 3.05) is 4.72 Å². The van der Waals surface area contributed by atoms with Crippen LogP contribution in [0, 0.1) is 6.92 Å². The van der Waals surface area contributed by atoms with Gasteiger partial charge in [-0.3, -0.25) is 4.72 Å². The third-order valence-electron chi connectivity index (χ3n) is 2.68. The lowest BCUT2D eigenvalue weighted by molar-refractivity contribution is 0.601. The van der Waals surface area contributed by atoms with Crippen LogP contribution in [0.15, 0.2) is 44.2 Å². The van der Waals surface area contributed by atoms with Crippen LogP contribution in [0.4, 0.5) is 5.69 Å². The van der Waals surface area contributed by atoms with Gasteiger partial charge in [0.25, 0.3) is 10.0 Å². The van der Waals surface area contributed by atoms with Crippen LogP contribution in [-0.2, 0) is 10.0 Å². The smallest absolute Gasteiger partial charge is 0.261 e. The van der Waals surface area contributed by atoms with Crippen molar-refractivity contribution in [2.45, 2.75) is 11.8 Å². The number of sulfonamides is 1. The molecule has 0 atom stereocenters. The van der Waals surface area contributed by atoms with Crippen molar-refractivity contribution < 1.29 is 8.42 Å². The van der Waals surface area contributed by atoms with Gasteiger partial charge in [0.2, 0.25) is 0 Å². The largest absolute Gasteiger partial charge is 0.277 e. The second-order valence-corrected chi connectivity index (χ2v) is 8.41. The number of rotatable bonds is 3. The van der Waals surface area contributed by atoms with E-state index in [9.17, 15) is 8.42 Å². The summed E-state index contributed by atoms with van der Waals surface area (Å²) in [4.78, 5) is 0.148. The lowest BCUT2D eigenvalue weighted by Gasteiger charge is -2.13. The van der Waals surface area contributed by atoms with Crippen LogP contribution in [0.25, 0.3) is 0 Å². The van der Waals surface area contributed by atoms with Gasteiger partial charge in [0.15, 0.2) is 0 Å². The molecule has 0 aliphatic carbocycles. The molecule has 0 heterocycles. The van der Waals surface area contributed by atoms with E-state index in [0.717, 1.165) is 5.56 Å². The second kappa shape index (κ2) is 6.46. The third-order valence-corrected chi connectivity index (χ3v) is 6.39. The Kier molecular flexibility index (Phi) is 5.26. The van der Waals surface area contributed by atoms with Crippen LogP contribution in [0.2, 0.25) is 10.0 Å². The maximum absolute atomic E-state index is 12.4. The Hall–Kier alpha value is -0.270. The Bertz CT molecular complexity index is 793. The number of halogens is 4. The van der Waals surface area contributed by atoms with E-state index in [0.29, 0.717) is 8.95 Å². The van der Waals surface area contributed by atoms with E-state index in [1.807, 2.05) is 6.92 Å². The topological polar surface area (TPSA) is 46.2 Å². The number of aryl methyl sites for hydroxylation is 1. The van der Waals surface area contributed by atoms with E-state index < -0.39 is 10.0 Å². The fraction of sp³-hybridized carbons (Fsp3) is 0.0769. The summed E-state index contributed by atoms with van der Waals surface area (Å²) in [5, 5.41) is 0.357. The minimum Gasteiger partial charge on any atom is -0.277 e. The van der Waals surface area contributed by atoms with Crippen LogP contribution in [-0.4, -0.2) is 8.42 Å². The van der Waals surface area contributed by atoms with E-state index in [2.05, 4.69) is 36.6 Å². The van der Waals surface area contributed by atoms with Crippen LogP contribution in [0.1, 0.15) is 5.56 Å². The zero-order chi connectivity index (χ0) is 15.8. The van der Waals surface area contributed by atoms with Crippen molar-refractivity contribution >= 4 is 70.8 Å². The van der Waals surface area contributed by atoms with E-state index >= 15 is 0 Å². The lowest BCUT2D eigenvalue weighted by atomic mass is 10.2. The van der Waals surface area contributed by atoms with E-state index in [1.54, 1.807) is 18.2 Å². The normalized spacial score (nSPS) is 11.5. The maximum atomic E-state index is 12.4. The monoisotopic (exact) mass is 471 g/mol. The van der Waals surface area contributed by atoms with Gasteiger partial charge in [-0.05, 0) is 57.0 Å². The molecule has 0 bridgehead atoms. The highest BCUT2D eigenvalue weighted by Gasteiger charge is 2.20. The standard InChI is InChI=1S/C13H9Br2Cl2NO2S/c1-7-2-4-8(5-3-7)21(19,20)18-13-10(15)6-9(14)11(16)12(13)17/h2-6,18H,1H3. The van der Waals surface area contributed by atoms with Gasteiger partial charge in [0, 0.05) is 8.95 Å². The molecule has 0 aliphatic heterocycles. The van der Waals surface area contributed by atoms with Gasteiger partial charge in [-0.2, -0.15) is 0 Å². The molecular formula is C13H9Br2Cl2NO2S. The molecule has 8 heteroatoms. The summed E-state index contributed by atoms with van der Waals surface area (Å²) in [6.45, 7) is 1.88. The first-order valence-corrected chi connectivity index (χ1v) is 9.47. The molecule has 3 nitrogen and oxygen atoms in total. The molecule has 0 saturated carbocycles. The number of anilines is 1. The van der Waals surface area contributed by atoms with Crippen molar-refractivity contribution in [1.29, 1.82) is 0 Å². The van der Waals surface area contributed by atoms with Crippen LogP contribution >= 0.6 is 55.1 Å². The highest BCUT2D eigenvalue weighted by molar-refractivity contribution is 9.11.